The number of hydrogen-bond donors (Lipinski definition) is 1. The Balaban J connectivity index is 2.20. The normalized spacial score (nSPS) is 10.8. The molecule has 86 valence electrons. The predicted octanol–water partition coefficient (Wildman–Crippen LogP) is 0.930. The molecule has 0 aliphatic rings. The van der Waals surface area contributed by atoms with Gasteiger partial charge in [-0.3, -0.25) is 0 Å². The van der Waals surface area contributed by atoms with E-state index in [2.05, 4.69) is 10.1 Å². The number of rotatable bonds is 8. The van der Waals surface area contributed by atoms with Crippen LogP contribution in [-0.4, -0.2) is 30.4 Å². The van der Waals surface area contributed by atoms with Gasteiger partial charge in [0, 0.05) is 20.0 Å². The maximum atomic E-state index is 5.40. The molecule has 5 heteroatoms. The van der Waals surface area contributed by atoms with E-state index in [1.807, 2.05) is 0 Å². The Morgan fingerprint density at radius 1 is 1.27 bits per heavy atom. The van der Waals surface area contributed by atoms with Crippen LogP contribution in [0.4, 0.5) is 0 Å². The van der Waals surface area contributed by atoms with Crippen LogP contribution in [0, 0.1) is 0 Å². The highest BCUT2D eigenvalue weighted by Crippen LogP contribution is 2.04. The SMILES string of the molecule is COCCc1noc(CCCCCN)n1. The molecule has 1 rings (SSSR count). The Bertz CT molecular complexity index is 263. The topological polar surface area (TPSA) is 74.2 Å². The lowest BCUT2D eigenvalue weighted by Crippen LogP contribution is -1.98. The van der Waals surface area contributed by atoms with Crippen LogP contribution in [0.3, 0.4) is 0 Å². The molecule has 0 amide bonds. The number of ether oxygens (including phenoxy) is 1. The summed E-state index contributed by atoms with van der Waals surface area (Å²) in [4.78, 5) is 4.26. The maximum absolute atomic E-state index is 5.40. The van der Waals surface area contributed by atoms with E-state index >= 15 is 0 Å². The van der Waals surface area contributed by atoms with Crippen LogP contribution in [0.2, 0.25) is 0 Å². The fourth-order valence-electron chi connectivity index (χ4n) is 1.28. The molecule has 0 saturated heterocycles. The van der Waals surface area contributed by atoms with Crippen LogP contribution in [0.25, 0.3) is 0 Å². The number of nitrogens with zero attached hydrogens (tertiary/aromatic N) is 2. The second-order valence-corrected chi connectivity index (χ2v) is 3.45. The van der Waals surface area contributed by atoms with Gasteiger partial charge in [0.1, 0.15) is 0 Å². The molecular weight excluding hydrogens is 194 g/mol. The van der Waals surface area contributed by atoms with E-state index in [1.165, 1.54) is 0 Å². The molecule has 15 heavy (non-hydrogen) atoms. The second kappa shape index (κ2) is 7.36. The highest BCUT2D eigenvalue weighted by atomic mass is 16.5. The van der Waals surface area contributed by atoms with Crippen LogP contribution in [0.5, 0.6) is 0 Å². The van der Waals surface area contributed by atoms with Crippen molar-refractivity contribution in [1.82, 2.24) is 10.1 Å². The van der Waals surface area contributed by atoms with Crippen LogP contribution in [-0.2, 0) is 17.6 Å². The standard InChI is InChI=1S/C10H19N3O2/c1-14-8-6-9-12-10(15-13-9)5-3-2-4-7-11/h2-8,11H2,1H3. The minimum absolute atomic E-state index is 0.631. The summed E-state index contributed by atoms with van der Waals surface area (Å²) in [6.07, 6.45) is 4.79. The van der Waals surface area contributed by atoms with Gasteiger partial charge in [-0.05, 0) is 19.4 Å². The van der Waals surface area contributed by atoms with Crippen LogP contribution in [0.1, 0.15) is 31.0 Å². The van der Waals surface area contributed by atoms with Gasteiger partial charge in [-0.25, -0.2) is 0 Å². The first-order chi connectivity index (χ1) is 7.36. The van der Waals surface area contributed by atoms with Gasteiger partial charge in [0.2, 0.25) is 5.89 Å². The summed E-state index contributed by atoms with van der Waals surface area (Å²) >= 11 is 0. The lowest BCUT2D eigenvalue weighted by atomic mass is 10.2. The van der Waals surface area contributed by atoms with Gasteiger partial charge < -0.3 is 15.0 Å². The Morgan fingerprint density at radius 2 is 2.13 bits per heavy atom. The fourth-order valence-corrected chi connectivity index (χ4v) is 1.28. The first kappa shape index (κ1) is 12.1. The second-order valence-electron chi connectivity index (χ2n) is 3.45. The number of unbranched alkanes of at least 4 members (excludes halogenated alkanes) is 2. The zero-order chi connectivity index (χ0) is 10.9. The minimum atomic E-state index is 0.631. The third-order valence-electron chi connectivity index (χ3n) is 2.13. The molecule has 2 N–H and O–H groups in total. The van der Waals surface area contributed by atoms with Gasteiger partial charge in [0.25, 0.3) is 0 Å². The summed E-state index contributed by atoms with van der Waals surface area (Å²) in [5.41, 5.74) is 5.40. The summed E-state index contributed by atoms with van der Waals surface area (Å²) in [5, 5.41) is 3.86. The van der Waals surface area contributed by atoms with Crippen LogP contribution >= 0.6 is 0 Å². The third-order valence-corrected chi connectivity index (χ3v) is 2.13. The van der Waals surface area contributed by atoms with Crippen molar-refractivity contribution < 1.29 is 9.26 Å². The molecule has 0 radical (unpaired) electrons. The molecule has 1 heterocycles. The number of hydrogen-bond acceptors (Lipinski definition) is 5. The zero-order valence-electron chi connectivity index (χ0n) is 9.24. The quantitative estimate of drug-likeness (QED) is 0.650. The lowest BCUT2D eigenvalue weighted by Gasteiger charge is -1.94. The van der Waals surface area contributed by atoms with Crippen molar-refractivity contribution >= 4 is 0 Å². The van der Waals surface area contributed by atoms with E-state index in [0.717, 1.165) is 43.9 Å². The molecular formula is C10H19N3O2. The number of aryl methyl sites for hydroxylation is 1. The summed E-state index contributed by atoms with van der Waals surface area (Å²) < 4.78 is 10.0. The van der Waals surface area contributed by atoms with E-state index in [1.54, 1.807) is 7.11 Å². The number of nitrogens with two attached hydrogens (primary N) is 1. The van der Waals surface area contributed by atoms with Crippen molar-refractivity contribution in [1.29, 1.82) is 0 Å². The van der Waals surface area contributed by atoms with E-state index in [9.17, 15) is 0 Å². The molecule has 1 aromatic heterocycles. The molecule has 0 unspecified atom stereocenters. The van der Waals surface area contributed by atoms with Gasteiger partial charge >= 0.3 is 0 Å². The fraction of sp³-hybridized carbons (Fsp3) is 0.800. The van der Waals surface area contributed by atoms with E-state index < -0.39 is 0 Å². The first-order valence-corrected chi connectivity index (χ1v) is 5.37. The monoisotopic (exact) mass is 213 g/mol. The summed E-state index contributed by atoms with van der Waals surface area (Å²) in [6.45, 7) is 1.38. The van der Waals surface area contributed by atoms with E-state index in [4.69, 9.17) is 15.0 Å². The third kappa shape index (κ3) is 4.90. The van der Waals surface area contributed by atoms with Crippen molar-refractivity contribution in [2.75, 3.05) is 20.3 Å². The summed E-state index contributed by atoms with van der Waals surface area (Å²) in [5.74, 6) is 1.45. The molecule has 0 atom stereocenters. The molecule has 0 fully saturated rings. The maximum Gasteiger partial charge on any atom is 0.226 e. The van der Waals surface area contributed by atoms with Crippen molar-refractivity contribution in [3.63, 3.8) is 0 Å². The van der Waals surface area contributed by atoms with E-state index in [0.29, 0.717) is 13.0 Å². The molecule has 0 bridgehead atoms. The highest BCUT2D eigenvalue weighted by molar-refractivity contribution is 4.86. The average molecular weight is 213 g/mol. The van der Waals surface area contributed by atoms with Gasteiger partial charge in [0.05, 0.1) is 6.61 Å². The molecule has 0 aliphatic carbocycles. The molecule has 0 saturated carbocycles. The molecule has 0 aromatic carbocycles. The van der Waals surface area contributed by atoms with Crippen LogP contribution in [0.15, 0.2) is 4.52 Å². The van der Waals surface area contributed by atoms with Gasteiger partial charge in [-0.15, -0.1) is 0 Å². The lowest BCUT2D eigenvalue weighted by molar-refractivity contribution is 0.199. The summed E-state index contributed by atoms with van der Waals surface area (Å²) in [6, 6.07) is 0. The zero-order valence-corrected chi connectivity index (χ0v) is 9.24. The largest absolute Gasteiger partial charge is 0.384 e. The van der Waals surface area contributed by atoms with Crippen molar-refractivity contribution in [2.45, 2.75) is 32.1 Å². The van der Waals surface area contributed by atoms with Crippen molar-refractivity contribution in [2.24, 2.45) is 5.73 Å². The van der Waals surface area contributed by atoms with Crippen molar-refractivity contribution in [3.8, 4) is 0 Å². The number of methoxy groups -OCH3 is 1. The van der Waals surface area contributed by atoms with Crippen LogP contribution < -0.4 is 5.73 Å². The number of aromatic nitrogens is 2. The molecule has 1 aromatic rings. The Morgan fingerprint density at radius 3 is 2.87 bits per heavy atom. The predicted molar refractivity (Wildman–Crippen MR) is 56.5 cm³/mol. The molecule has 0 aliphatic heterocycles. The minimum Gasteiger partial charge on any atom is -0.384 e. The Kier molecular flexibility index (Phi) is 5.96. The smallest absolute Gasteiger partial charge is 0.226 e. The van der Waals surface area contributed by atoms with Gasteiger partial charge in [0.15, 0.2) is 5.82 Å². The van der Waals surface area contributed by atoms with Gasteiger partial charge in [-0.2, -0.15) is 4.98 Å². The van der Waals surface area contributed by atoms with E-state index in [-0.39, 0.29) is 0 Å². The highest BCUT2D eigenvalue weighted by Gasteiger charge is 2.05. The molecule has 5 nitrogen and oxygen atoms in total. The Hall–Kier alpha value is -0.940. The Labute approximate surface area is 90.0 Å². The van der Waals surface area contributed by atoms with Gasteiger partial charge in [-0.1, -0.05) is 11.6 Å². The van der Waals surface area contributed by atoms with Crippen molar-refractivity contribution in [3.05, 3.63) is 11.7 Å². The molecule has 0 spiro atoms. The summed E-state index contributed by atoms with van der Waals surface area (Å²) in [7, 11) is 1.66. The first-order valence-electron chi connectivity index (χ1n) is 5.37. The average Bonchev–Trinajstić information content (AvgIpc) is 2.69.